The Morgan fingerprint density at radius 3 is 2.46 bits per heavy atom. The summed E-state index contributed by atoms with van der Waals surface area (Å²) in [6.45, 7) is 4.97. The van der Waals surface area contributed by atoms with E-state index >= 15 is 0 Å². The van der Waals surface area contributed by atoms with Crippen LogP contribution in [0.15, 0.2) is 60.7 Å². The number of hydrogen-bond donors (Lipinski definition) is 1. The Hall–Kier alpha value is -2.92. The number of pyridine rings is 1. The van der Waals surface area contributed by atoms with Gasteiger partial charge in [0, 0.05) is 43.5 Å². The van der Waals surface area contributed by atoms with Crippen molar-refractivity contribution in [1.29, 1.82) is 0 Å². The van der Waals surface area contributed by atoms with Crippen LogP contribution in [0.3, 0.4) is 0 Å². The van der Waals surface area contributed by atoms with E-state index in [-0.39, 0.29) is 0 Å². The van der Waals surface area contributed by atoms with Gasteiger partial charge in [-0.05, 0) is 24.3 Å². The highest BCUT2D eigenvalue weighted by molar-refractivity contribution is 5.81. The van der Waals surface area contributed by atoms with Crippen molar-refractivity contribution >= 4 is 27.6 Å². The van der Waals surface area contributed by atoms with Crippen molar-refractivity contribution in [2.45, 2.75) is 6.54 Å². The van der Waals surface area contributed by atoms with Crippen LogP contribution in [-0.4, -0.2) is 46.3 Å². The zero-order valence-corrected chi connectivity index (χ0v) is 14.6. The highest BCUT2D eigenvalue weighted by Gasteiger charge is 2.19. The summed E-state index contributed by atoms with van der Waals surface area (Å²) in [4.78, 5) is 9.70. The number of hydrogen-bond acceptors (Lipinski definition) is 4. The molecular formula is C21H21N5. The van der Waals surface area contributed by atoms with E-state index in [4.69, 9.17) is 4.98 Å². The van der Waals surface area contributed by atoms with Crippen molar-refractivity contribution in [1.82, 2.24) is 20.1 Å². The zero-order valence-electron chi connectivity index (χ0n) is 14.6. The molecule has 0 amide bonds. The number of anilines is 1. The Morgan fingerprint density at radius 1 is 0.808 bits per heavy atom. The molecule has 5 nitrogen and oxygen atoms in total. The largest absolute Gasteiger partial charge is 0.354 e. The normalized spacial score (nSPS) is 15.8. The molecule has 0 radical (unpaired) electrons. The molecule has 26 heavy (non-hydrogen) atoms. The van der Waals surface area contributed by atoms with Crippen LogP contribution in [-0.2, 0) is 6.54 Å². The summed E-state index contributed by atoms with van der Waals surface area (Å²) in [6.07, 6.45) is 0. The quantitative estimate of drug-likeness (QED) is 0.619. The number of nitrogens with zero attached hydrogens (tertiary/aromatic N) is 4. The molecule has 3 heterocycles. The maximum atomic E-state index is 4.83. The van der Waals surface area contributed by atoms with Gasteiger partial charge in [-0.2, -0.15) is 5.10 Å². The molecule has 1 N–H and O–H groups in total. The van der Waals surface area contributed by atoms with Gasteiger partial charge >= 0.3 is 0 Å². The van der Waals surface area contributed by atoms with E-state index in [1.165, 1.54) is 16.5 Å². The lowest BCUT2D eigenvalue weighted by molar-refractivity contribution is 0.247. The first-order valence-corrected chi connectivity index (χ1v) is 9.12. The van der Waals surface area contributed by atoms with E-state index in [9.17, 15) is 0 Å². The van der Waals surface area contributed by atoms with E-state index in [0.29, 0.717) is 0 Å². The first-order valence-electron chi connectivity index (χ1n) is 9.12. The molecule has 2 aromatic carbocycles. The van der Waals surface area contributed by atoms with Gasteiger partial charge in [0.1, 0.15) is 5.82 Å². The van der Waals surface area contributed by atoms with Crippen LogP contribution in [0.25, 0.3) is 21.8 Å². The van der Waals surface area contributed by atoms with Crippen LogP contribution in [0, 0.1) is 0 Å². The smallest absolute Gasteiger partial charge is 0.129 e. The average molecular weight is 343 g/mol. The molecule has 5 rings (SSSR count). The van der Waals surface area contributed by atoms with Crippen molar-refractivity contribution in [3.05, 3.63) is 66.4 Å². The van der Waals surface area contributed by atoms with Gasteiger partial charge in [-0.3, -0.25) is 10.00 Å². The summed E-state index contributed by atoms with van der Waals surface area (Å²) in [5.74, 6) is 1.08. The van der Waals surface area contributed by atoms with Gasteiger partial charge < -0.3 is 4.90 Å². The van der Waals surface area contributed by atoms with Gasteiger partial charge in [0.25, 0.3) is 0 Å². The fraction of sp³-hybridized carbons (Fsp3) is 0.238. The summed E-state index contributed by atoms with van der Waals surface area (Å²) in [5, 5.41) is 10.0. The molecule has 1 saturated heterocycles. The third kappa shape index (κ3) is 2.80. The fourth-order valence-corrected chi connectivity index (χ4v) is 3.72. The Morgan fingerprint density at radius 2 is 1.58 bits per heavy atom. The molecule has 0 saturated carbocycles. The molecule has 0 atom stereocenters. The molecular weight excluding hydrogens is 322 g/mol. The Kier molecular flexibility index (Phi) is 3.79. The van der Waals surface area contributed by atoms with Gasteiger partial charge in [-0.25, -0.2) is 4.98 Å². The van der Waals surface area contributed by atoms with Crippen LogP contribution >= 0.6 is 0 Å². The molecule has 130 valence electrons. The lowest BCUT2D eigenvalue weighted by Crippen LogP contribution is -2.46. The summed E-state index contributed by atoms with van der Waals surface area (Å²) < 4.78 is 0. The standard InChI is InChI=1S/C21H21N5/c1-3-7-18-16(5-1)9-10-21(22-18)26-13-11-25(12-14-26)15-20-17-6-2-4-8-19(17)23-24-20/h1-10H,11-15H2,(H,23,24). The predicted molar refractivity (Wildman–Crippen MR) is 105 cm³/mol. The van der Waals surface area contributed by atoms with E-state index in [1.54, 1.807) is 0 Å². The minimum absolute atomic E-state index is 0.916. The second-order valence-corrected chi connectivity index (χ2v) is 6.84. The van der Waals surface area contributed by atoms with Gasteiger partial charge in [0.2, 0.25) is 0 Å². The lowest BCUT2D eigenvalue weighted by Gasteiger charge is -2.35. The lowest BCUT2D eigenvalue weighted by atomic mass is 10.2. The summed E-state index contributed by atoms with van der Waals surface area (Å²) in [5.41, 5.74) is 3.32. The number of rotatable bonds is 3. The number of aromatic amines is 1. The second-order valence-electron chi connectivity index (χ2n) is 6.84. The van der Waals surface area contributed by atoms with Crippen LogP contribution in [0.1, 0.15) is 5.69 Å². The van der Waals surface area contributed by atoms with Crippen molar-refractivity contribution in [3.8, 4) is 0 Å². The number of nitrogens with one attached hydrogen (secondary N) is 1. The number of fused-ring (bicyclic) bond motifs is 2. The molecule has 0 bridgehead atoms. The van der Waals surface area contributed by atoms with E-state index < -0.39 is 0 Å². The van der Waals surface area contributed by atoms with E-state index in [0.717, 1.165) is 49.6 Å². The molecule has 0 unspecified atom stereocenters. The molecule has 1 aliphatic heterocycles. The van der Waals surface area contributed by atoms with Gasteiger partial charge in [-0.1, -0.05) is 36.4 Å². The first-order chi connectivity index (χ1) is 12.9. The average Bonchev–Trinajstić information content (AvgIpc) is 3.11. The second kappa shape index (κ2) is 6.42. The maximum Gasteiger partial charge on any atom is 0.129 e. The molecule has 1 aliphatic rings. The highest BCUT2D eigenvalue weighted by Crippen LogP contribution is 2.21. The maximum absolute atomic E-state index is 4.83. The SMILES string of the molecule is c1ccc2nc(N3CCN(Cc4[nH]nc5ccccc45)CC3)ccc2c1. The third-order valence-corrected chi connectivity index (χ3v) is 5.20. The summed E-state index contributed by atoms with van der Waals surface area (Å²) >= 11 is 0. The Balaban J connectivity index is 1.28. The van der Waals surface area contributed by atoms with Crippen molar-refractivity contribution < 1.29 is 0 Å². The van der Waals surface area contributed by atoms with Crippen LogP contribution < -0.4 is 4.90 Å². The van der Waals surface area contributed by atoms with Crippen molar-refractivity contribution in [2.75, 3.05) is 31.1 Å². The molecule has 1 fully saturated rings. The van der Waals surface area contributed by atoms with Crippen molar-refractivity contribution in [3.63, 3.8) is 0 Å². The van der Waals surface area contributed by atoms with Crippen LogP contribution in [0.2, 0.25) is 0 Å². The number of para-hydroxylation sites is 2. The van der Waals surface area contributed by atoms with E-state index in [1.807, 2.05) is 12.1 Å². The predicted octanol–water partition coefficient (Wildman–Crippen LogP) is 3.43. The van der Waals surface area contributed by atoms with Gasteiger partial charge in [0.05, 0.1) is 16.7 Å². The van der Waals surface area contributed by atoms with Crippen LogP contribution in [0.4, 0.5) is 5.82 Å². The summed E-state index contributed by atoms with van der Waals surface area (Å²) in [7, 11) is 0. The van der Waals surface area contributed by atoms with Crippen molar-refractivity contribution in [2.24, 2.45) is 0 Å². The number of aromatic nitrogens is 3. The summed E-state index contributed by atoms with van der Waals surface area (Å²) in [6, 6.07) is 20.9. The molecule has 0 aliphatic carbocycles. The number of H-pyrrole nitrogens is 1. The van der Waals surface area contributed by atoms with Crippen LogP contribution in [0.5, 0.6) is 0 Å². The monoisotopic (exact) mass is 343 g/mol. The van der Waals surface area contributed by atoms with Gasteiger partial charge in [-0.15, -0.1) is 0 Å². The Labute approximate surface area is 152 Å². The van der Waals surface area contributed by atoms with E-state index in [2.05, 4.69) is 68.5 Å². The molecule has 0 spiro atoms. The topological polar surface area (TPSA) is 48.1 Å². The minimum Gasteiger partial charge on any atom is -0.354 e. The molecule has 2 aromatic heterocycles. The Bertz CT molecular complexity index is 1050. The first kappa shape index (κ1) is 15.3. The third-order valence-electron chi connectivity index (χ3n) is 5.20. The fourth-order valence-electron chi connectivity index (χ4n) is 3.72. The highest BCUT2D eigenvalue weighted by atomic mass is 15.3. The van der Waals surface area contributed by atoms with Gasteiger partial charge in [0.15, 0.2) is 0 Å². The molecule has 5 heteroatoms. The molecule has 4 aromatic rings. The minimum atomic E-state index is 0.916. The number of benzene rings is 2. The number of piperazine rings is 1. The zero-order chi connectivity index (χ0) is 17.3.